The van der Waals surface area contributed by atoms with Crippen molar-refractivity contribution in [1.29, 1.82) is 0 Å². The maximum atomic E-state index is 12.1. The first-order chi connectivity index (χ1) is 18.4. The van der Waals surface area contributed by atoms with Gasteiger partial charge in [-0.3, -0.25) is 0 Å². The Hall–Kier alpha value is -4.24. The van der Waals surface area contributed by atoms with Crippen LogP contribution in [0, 0.1) is 6.92 Å². The zero-order chi connectivity index (χ0) is 27.1. The summed E-state index contributed by atoms with van der Waals surface area (Å²) in [7, 11) is 3.16. The topological polar surface area (TPSA) is 95.7 Å². The van der Waals surface area contributed by atoms with Crippen LogP contribution in [0.5, 0.6) is 17.2 Å². The van der Waals surface area contributed by atoms with E-state index >= 15 is 0 Å². The molecule has 0 atom stereocenters. The molecule has 9 heteroatoms. The molecule has 1 aromatic heterocycles. The van der Waals surface area contributed by atoms with Crippen molar-refractivity contribution in [3.05, 3.63) is 88.3 Å². The van der Waals surface area contributed by atoms with Crippen LogP contribution in [0.3, 0.4) is 0 Å². The minimum Gasteiger partial charge on any atom is -0.497 e. The lowest BCUT2D eigenvalue weighted by molar-refractivity contribution is -0.131. The minimum absolute atomic E-state index is 0.121. The van der Waals surface area contributed by atoms with Crippen molar-refractivity contribution >= 4 is 23.8 Å². The Labute approximate surface area is 225 Å². The normalized spacial score (nSPS) is 11.3. The zero-order valence-electron chi connectivity index (χ0n) is 21.7. The molecule has 8 nitrogen and oxygen atoms in total. The van der Waals surface area contributed by atoms with E-state index in [0.717, 1.165) is 28.5 Å². The average Bonchev–Trinajstić information content (AvgIpc) is 3.35. The van der Waals surface area contributed by atoms with Gasteiger partial charge in [-0.25, -0.2) is 4.79 Å². The lowest BCUT2D eigenvalue weighted by atomic mass is 10.1. The van der Waals surface area contributed by atoms with Crippen LogP contribution in [-0.2, 0) is 17.9 Å². The van der Waals surface area contributed by atoms with Crippen LogP contribution in [0.4, 0.5) is 0 Å². The number of rotatable bonds is 11. The number of methoxy groups -OCH3 is 2. The van der Waals surface area contributed by atoms with Crippen LogP contribution in [0.15, 0.2) is 76.8 Å². The summed E-state index contributed by atoms with van der Waals surface area (Å²) in [6.45, 7) is 5.00. The van der Waals surface area contributed by atoms with Crippen LogP contribution in [0.1, 0.15) is 23.6 Å². The Balaban J connectivity index is 1.53. The molecule has 0 spiro atoms. The number of benzene rings is 3. The number of aromatic nitrogens is 3. The van der Waals surface area contributed by atoms with Gasteiger partial charge in [0.2, 0.25) is 0 Å². The molecular formula is C29H29N3O5S. The molecule has 0 aliphatic carbocycles. The molecule has 0 aliphatic rings. The second kappa shape index (κ2) is 12.3. The first-order valence-corrected chi connectivity index (χ1v) is 12.8. The molecule has 0 radical (unpaired) electrons. The SMILES string of the molecule is CCn1c(S/C(=C\c2ccc(OCc3ccc(C)cc3)cc2)C(=O)O)nnc1-c1cc(OC)cc(OC)c1. The summed E-state index contributed by atoms with van der Waals surface area (Å²) in [5.41, 5.74) is 3.77. The van der Waals surface area contributed by atoms with E-state index in [1.165, 1.54) is 5.56 Å². The highest BCUT2D eigenvalue weighted by Gasteiger charge is 2.19. The maximum absolute atomic E-state index is 12.1. The standard InChI is InChI=1S/C29H29N3O5S/c1-5-32-27(22-15-24(35-3)17-25(16-22)36-4)30-31-29(32)38-26(28(33)34)14-20-10-12-23(13-11-20)37-18-21-8-6-19(2)7-9-21/h6-17H,5,18H2,1-4H3,(H,33,34)/b26-14-. The second-order valence-corrected chi connectivity index (χ2v) is 9.42. The van der Waals surface area contributed by atoms with Gasteiger partial charge in [0, 0.05) is 18.2 Å². The first kappa shape index (κ1) is 26.8. The molecule has 196 valence electrons. The van der Waals surface area contributed by atoms with Crippen LogP contribution in [0.2, 0.25) is 0 Å². The minimum atomic E-state index is -1.05. The summed E-state index contributed by atoms with van der Waals surface area (Å²) in [6, 6.07) is 20.9. The molecule has 0 saturated heterocycles. The number of aliphatic carboxylic acids is 1. The number of carbonyl (C=O) groups is 1. The number of nitrogens with zero attached hydrogens (tertiary/aromatic N) is 3. The number of hydrogen-bond donors (Lipinski definition) is 1. The van der Waals surface area contributed by atoms with Gasteiger partial charge in [-0.2, -0.15) is 0 Å². The molecule has 0 saturated carbocycles. The van der Waals surface area contributed by atoms with Crippen molar-refractivity contribution in [2.24, 2.45) is 0 Å². The summed E-state index contributed by atoms with van der Waals surface area (Å²) < 4.78 is 18.5. The first-order valence-electron chi connectivity index (χ1n) is 12.0. The average molecular weight is 532 g/mol. The van der Waals surface area contributed by atoms with Crippen LogP contribution in [-0.4, -0.2) is 40.1 Å². The van der Waals surface area contributed by atoms with E-state index in [1.54, 1.807) is 26.4 Å². The van der Waals surface area contributed by atoms with Gasteiger partial charge in [-0.1, -0.05) is 42.0 Å². The van der Waals surface area contributed by atoms with E-state index in [1.807, 2.05) is 79.1 Å². The Morgan fingerprint density at radius 3 is 2.18 bits per heavy atom. The van der Waals surface area contributed by atoms with Crippen LogP contribution < -0.4 is 14.2 Å². The summed E-state index contributed by atoms with van der Waals surface area (Å²) in [4.78, 5) is 12.2. The molecular weight excluding hydrogens is 502 g/mol. The molecule has 0 bridgehead atoms. The smallest absolute Gasteiger partial charge is 0.342 e. The van der Waals surface area contributed by atoms with Crippen molar-refractivity contribution in [1.82, 2.24) is 14.8 Å². The lowest BCUT2D eigenvalue weighted by Gasteiger charge is -2.10. The fraction of sp³-hybridized carbons (Fsp3) is 0.207. The van der Waals surface area contributed by atoms with Crippen molar-refractivity contribution in [3.63, 3.8) is 0 Å². The fourth-order valence-electron chi connectivity index (χ4n) is 3.70. The van der Waals surface area contributed by atoms with Gasteiger partial charge in [0.25, 0.3) is 0 Å². The zero-order valence-corrected chi connectivity index (χ0v) is 22.5. The molecule has 0 aliphatic heterocycles. The highest BCUT2D eigenvalue weighted by Crippen LogP contribution is 2.33. The monoisotopic (exact) mass is 531 g/mol. The van der Waals surface area contributed by atoms with Crippen molar-refractivity contribution in [3.8, 4) is 28.6 Å². The predicted molar refractivity (Wildman–Crippen MR) is 148 cm³/mol. The van der Waals surface area contributed by atoms with E-state index < -0.39 is 5.97 Å². The highest BCUT2D eigenvalue weighted by molar-refractivity contribution is 8.04. The lowest BCUT2D eigenvalue weighted by Crippen LogP contribution is -2.03. The largest absolute Gasteiger partial charge is 0.497 e. The molecule has 4 rings (SSSR count). The molecule has 38 heavy (non-hydrogen) atoms. The number of thioether (sulfide) groups is 1. The van der Waals surface area contributed by atoms with Crippen molar-refractivity contribution in [2.75, 3.05) is 14.2 Å². The van der Waals surface area contributed by atoms with Gasteiger partial charge in [0.15, 0.2) is 11.0 Å². The molecule has 4 aromatic rings. The van der Waals surface area contributed by atoms with Gasteiger partial charge >= 0.3 is 5.97 Å². The quantitative estimate of drug-likeness (QED) is 0.184. The van der Waals surface area contributed by atoms with Gasteiger partial charge in [0.05, 0.1) is 14.2 Å². The van der Waals surface area contributed by atoms with Crippen molar-refractivity contribution in [2.45, 2.75) is 32.2 Å². The number of ether oxygens (including phenoxy) is 3. The van der Waals surface area contributed by atoms with E-state index in [-0.39, 0.29) is 4.91 Å². The molecule has 3 aromatic carbocycles. The Morgan fingerprint density at radius 1 is 0.947 bits per heavy atom. The van der Waals surface area contributed by atoms with Crippen LogP contribution in [0.25, 0.3) is 17.5 Å². The summed E-state index contributed by atoms with van der Waals surface area (Å²) in [5, 5.41) is 19.0. The maximum Gasteiger partial charge on any atom is 0.342 e. The van der Waals surface area contributed by atoms with Crippen LogP contribution >= 0.6 is 11.8 Å². The molecule has 1 heterocycles. The summed E-state index contributed by atoms with van der Waals surface area (Å²) >= 11 is 1.05. The molecule has 0 unspecified atom stereocenters. The summed E-state index contributed by atoms with van der Waals surface area (Å²) in [6.07, 6.45) is 1.61. The molecule has 0 amide bonds. The molecule has 1 N–H and O–H groups in total. The van der Waals surface area contributed by atoms with Crippen molar-refractivity contribution < 1.29 is 24.1 Å². The van der Waals surface area contributed by atoms with Gasteiger partial charge < -0.3 is 23.9 Å². The van der Waals surface area contributed by atoms with Gasteiger partial charge in [-0.15, -0.1) is 10.2 Å². The molecule has 0 fully saturated rings. The number of carboxylic acid groups (broad SMARTS) is 1. The van der Waals surface area contributed by atoms with Gasteiger partial charge in [-0.05, 0) is 67.1 Å². The predicted octanol–water partition coefficient (Wildman–Crippen LogP) is 6.09. The number of carboxylic acids is 1. The number of hydrogen-bond acceptors (Lipinski definition) is 7. The van der Waals surface area contributed by atoms with E-state index in [0.29, 0.717) is 41.4 Å². The van der Waals surface area contributed by atoms with E-state index in [2.05, 4.69) is 10.2 Å². The summed E-state index contributed by atoms with van der Waals surface area (Å²) in [5.74, 6) is 1.49. The fourth-order valence-corrected chi connectivity index (χ4v) is 4.58. The van der Waals surface area contributed by atoms with E-state index in [4.69, 9.17) is 14.2 Å². The van der Waals surface area contributed by atoms with E-state index in [9.17, 15) is 9.90 Å². The second-order valence-electron chi connectivity index (χ2n) is 8.41. The third-order valence-electron chi connectivity index (χ3n) is 5.76. The third-order valence-corrected chi connectivity index (χ3v) is 6.76. The highest BCUT2D eigenvalue weighted by atomic mass is 32.2. The third kappa shape index (κ3) is 6.54. The number of aryl methyl sites for hydroxylation is 1. The Bertz CT molecular complexity index is 1410. The Morgan fingerprint density at radius 2 is 1.61 bits per heavy atom. The Kier molecular flexibility index (Phi) is 8.70. The van der Waals surface area contributed by atoms with Gasteiger partial charge in [0.1, 0.15) is 28.8 Å².